The van der Waals surface area contributed by atoms with Crippen LogP contribution in [0.25, 0.3) is 0 Å². The van der Waals surface area contributed by atoms with Gasteiger partial charge in [-0.15, -0.1) is 0 Å². The predicted molar refractivity (Wildman–Crippen MR) is 60.8 cm³/mol. The SMILES string of the molecule is CCOC(=O)C#CC(O)c1ccc(Cl)cc1. The zero-order valence-electron chi connectivity index (χ0n) is 8.74. The number of esters is 1. The summed E-state index contributed by atoms with van der Waals surface area (Å²) in [5, 5.41) is 10.2. The molecule has 1 unspecified atom stereocenters. The summed E-state index contributed by atoms with van der Waals surface area (Å²) in [6, 6.07) is 6.58. The van der Waals surface area contributed by atoms with Crippen molar-refractivity contribution in [1.82, 2.24) is 0 Å². The lowest BCUT2D eigenvalue weighted by Gasteiger charge is -2.02. The molecule has 0 fully saturated rings. The lowest BCUT2D eigenvalue weighted by molar-refractivity contribution is -0.136. The summed E-state index contributed by atoms with van der Waals surface area (Å²) in [5.74, 6) is 3.95. The van der Waals surface area contributed by atoms with Gasteiger partial charge in [-0.1, -0.05) is 29.7 Å². The van der Waals surface area contributed by atoms with Crippen LogP contribution in [0.15, 0.2) is 24.3 Å². The molecular formula is C12H11ClO3. The number of rotatable bonds is 2. The van der Waals surface area contributed by atoms with E-state index in [1.807, 2.05) is 0 Å². The van der Waals surface area contributed by atoms with Gasteiger partial charge in [-0.2, -0.15) is 0 Å². The molecule has 1 N–H and O–H groups in total. The van der Waals surface area contributed by atoms with Crippen LogP contribution in [0.1, 0.15) is 18.6 Å². The van der Waals surface area contributed by atoms with E-state index in [0.717, 1.165) is 0 Å². The van der Waals surface area contributed by atoms with E-state index in [-0.39, 0.29) is 6.61 Å². The van der Waals surface area contributed by atoms with E-state index in [2.05, 4.69) is 16.6 Å². The molecule has 1 rings (SSSR count). The lowest BCUT2D eigenvalue weighted by Crippen LogP contribution is -2.01. The van der Waals surface area contributed by atoms with Gasteiger partial charge in [-0.25, -0.2) is 4.79 Å². The normalized spacial score (nSPS) is 11.2. The first-order valence-corrected chi connectivity index (χ1v) is 5.13. The number of carbonyl (C=O) groups is 1. The molecule has 1 aromatic carbocycles. The van der Waals surface area contributed by atoms with Crippen LogP contribution in [0.5, 0.6) is 0 Å². The third kappa shape index (κ3) is 3.93. The minimum absolute atomic E-state index is 0.268. The topological polar surface area (TPSA) is 46.5 Å². The van der Waals surface area contributed by atoms with Crippen LogP contribution in [0.4, 0.5) is 0 Å². The maximum Gasteiger partial charge on any atom is 0.384 e. The first kappa shape index (κ1) is 12.6. The van der Waals surface area contributed by atoms with Gasteiger partial charge in [0.05, 0.1) is 6.61 Å². The second kappa shape index (κ2) is 6.16. The molecule has 0 saturated heterocycles. The van der Waals surface area contributed by atoms with Crippen LogP contribution >= 0.6 is 11.6 Å². The molecule has 0 spiro atoms. The van der Waals surface area contributed by atoms with Gasteiger partial charge in [-0.3, -0.25) is 0 Å². The average molecular weight is 239 g/mol. The van der Waals surface area contributed by atoms with Gasteiger partial charge < -0.3 is 9.84 Å². The number of carbonyl (C=O) groups excluding carboxylic acids is 1. The average Bonchev–Trinajstić information content (AvgIpc) is 2.27. The first-order chi connectivity index (χ1) is 7.63. The molecule has 0 aliphatic carbocycles. The molecule has 0 aromatic heterocycles. The number of aliphatic hydroxyl groups is 1. The highest BCUT2D eigenvalue weighted by molar-refractivity contribution is 6.30. The molecule has 1 aromatic rings. The molecule has 1 atom stereocenters. The molecule has 0 heterocycles. The Bertz CT molecular complexity index is 414. The molecular weight excluding hydrogens is 228 g/mol. The van der Waals surface area contributed by atoms with Crippen LogP contribution in [0.3, 0.4) is 0 Å². The monoisotopic (exact) mass is 238 g/mol. The van der Waals surface area contributed by atoms with Crippen molar-refractivity contribution in [3.05, 3.63) is 34.9 Å². The molecule has 0 radical (unpaired) electrons. The molecule has 0 bridgehead atoms. The van der Waals surface area contributed by atoms with Crippen LogP contribution in [0, 0.1) is 11.8 Å². The highest BCUT2D eigenvalue weighted by Gasteiger charge is 2.03. The van der Waals surface area contributed by atoms with Crippen LogP contribution in [-0.2, 0) is 9.53 Å². The highest BCUT2D eigenvalue weighted by Crippen LogP contribution is 2.15. The van der Waals surface area contributed by atoms with Crippen molar-refractivity contribution in [2.45, 2.75) is 13.0 Å². The van der Waals surface area contributed by atoms with Gasteiger partial charge in [0, 0.05) is 10.9 Å². The number of hydrogen-bond acceptors (Lipinski definition) is 3. The Hall–Kier alpha value is -1.50. The van der Waals surface area contributed by atoms with E-state index >= 15 is 0 Å². The Labute approximate surface area is 99.0 Å². The fourth-order valence-corrected chi connectivity index (χ4v) is 1.15. The minimum Gasteiger partial charge on any atom is -0.456 e. The number of aliphatic hydroxyl groups excluding tert-OH is 1. The zero-order valence-corrected chi connectivity index (χ0v) is 9.49. The van der Waals surface area contributed by atoms with Crippen molar-refractivity contribution in [2.75, 3.05) is 6.61 Å². The van der Waals surface area contributed by atoms with Gasteiger partial charge >= 0.3 is 5.97 Å². The summed E-state index contributed by atoms with van der Waals surface area (Å²) >= 11 is 5.69. The Morgan fingerprint density at radius 2 is 2.12 bits per heavy atom. The van der Waals surface area contributed by atoms with Crippen LogP contribution < -0.4 is 0 Å². The van der Waals surface area contributed by atoms with Gasteiger partial charge in [0.2, 0.25) is 0 Å². The Morgan fingerprint density at radius 3 is 2.69 bits per heavy atom. The number of hydrogen-bond donors (Lipinski definition) is 1. The Morgan fingerprint density at radius 1 is 1.50 bits per heavy atom. The highest BCUT2D eigenvalue weighted by atomic mass is 35.5. The second-order valence-electron chi connectivity index (χ2n) is 2.94. The minimum atomic E-state index is -1.01. The largest absolute Gasteiger partial charge is 0.456 e. The third-order valence-electron chi connectivity index (χ3n) is 1.77. The standard InChI is InChI=1S/C12H11ClO3/c1-2-16-12(15)8-7-11(14)9-3-5-10(13)6-4-9/h3-6,11,14H,2H2,1H3. The molecule has 84 valence electrons. The van der Waals surface area contributed by atoms with E-state index in [4.69, 9.17) is 11.6 Å². The summed E-state index contributed by atoms with van der Waals surface area (Å²) in [5.41, 5.74) is 0.584. The molecule has 0 aliphatic heterocycles. The molecule has 0 aliphatic rings. The summed E-state index contributed by atoms with van der Waals surface area (Å²) in [7, 11) is 0. The van der Waals surface area contributed by atoms with E-state index in [0.29, 0.717) is 10.6 Å². The van der Waals surface area contributed by atoms with Crippen molar-refractivity contribution < 1.29 is 14.6 Å². The van der Waals surface area contributed by atoms with Gasteiger partial charge in [0.25, 0.3) is 0 Å². The van der Waals surface area contributed by atoms with Gasteiger partial charge in [-0.05, 0) is 24.6 Å². The van der Waals surface area contributed by atoms with Crippen LogP contribution in [0.2, 0.25) is 5.02 Å². The molecule has 0 saturated carbocycles. The smallest absolute Gasteiger partial charge is 0.384 e. The van der Waals surface area contributed by atoms with Crippen molar-refractivity contribution >= 4 is 17.6 Å². The Kier molecular flexibility index (Phi) is 4.84. The molecule has 0 amide bonds. The maximum atomic E-state index is 10.9. The maximum absolute atomic E-state index is 10.9. The summed E-state index contributed by atoms with van der Waals surface area (Å²) in [6.45, 7) is 1.96. The first-order valence-electron chi connectivity index (χ1n) is 4.75. The van der Waals surface area contributed by atoms with Gasteiger partial charge in [0.15, 0.2) is 0 Å². The van der Waals surface area contributed by atoms with E-state index in [1.54, 1.807) is 31.2 Å². The van der Waals surface area contributed by atoms with Crippen molar-refractivity contribution in [3.63, 3.8) is 0 Å². The second-order valence-corrected chi connectivity index (χ2v) is 3.38. The predicted octanol–water partition coefficient (Wildman–Crippen LogP) is 1.94. The molecule has 3 nitrogen and oxygen atoms in total. The fraction of sp³-hybridized carbons (Fsp3) is 0.250. The lowest BCUT2D eigenvalue weighted by atomic mass is 10.1. The van der Waals surface area contributed by atoms with E-state index in [9.17, 15) is 9.90 Å². The van der Waals surface area contributed by atoms with Gasteiger partial charge in [0.1, 0.15) is 6.10 Å². The summed E-state index contributed by atoms with van der Waals surface area (Å²) in [4.78, 5) is 10.9. The molecule has 16 heavy (non-hydrogen) atoms. The quantitative estimate of drug-likeness (QED) is 0.487. The van der Waals surface area contributed by atoms with E-state index in [1.165, 1.54) is 0 Å². The molecule has 4 heteroatoms. The third-order valence-corrected chi connectivity index (χ3v) is 2.02. The van der Waals surface area contributed by atoms with Crippen molar-refractivity contribution in [3.8, 4) is 11.8 Å². The number of ether oxygens (including phenoxy) is 1. The summed E-state index contributed by atoms with van der Waals surface area (Å²) in [6.07, 6.45) is -1.01. The number of halogens is 1. The van der Waals surface area contributed by atoms with Crippen molar-refractivity contribution in [1.29, 1.82) is 0 Å². The Balaban J connectivity index is 2.68. The number of benzene rings is 1. The van der Waals surface area contributed by atoms with E-state index < -0.39 is 12.1 Å². The van der Waals surface area contributed by atoms with Crippen molar-refractivity contribution in [2.24, 2.45) is 0 Å². The zero-order chi connectivity index (χ0) is 12.0. The summed E-state index contributed by atoms with van der Waals surface area (Å²) < 4.78 is 4.60. The van der Waals surface area contributed by atoms with Crippen LogP contribution in [-0.4, -0.2) is 17.7 Å². The fourth-order valence-electron chi connectivity index (χ4n) is 1.02.